The first-order chi connectivity index (χ1) is 7.79. The van der Waals surface area contributed by atoms with E-state index in [9.17, 15) is 0 Å². The van der Waals surface area contributed by atoms with Crippen molar-refractivity contribution in [1.29, 1.82) is 5.41 Å². The van der Waals surface area contributed by atoms with Crippen molar-refractivity contribution >= 4 is 11.8 Å². The van der Waals surface area contributed by atoms with Gasteiger partial charge in [0.05, 0.1) is 0 Å². The van der Waals surface area contributed by atoms with E-state index in [1.807, 2.05) is 6.07 Å². The Bertz CT molecular complexity index is 389. The molecule has 0 radical (unpaired) electrons. The Hall–Kier alpha value is -1.37. The molecule has 1 aliphatic carbocycles. The minimum Gasteiger partial charge on any atom is -0.309 e. The molecule has 2 rings (SSSR count). The molecule has 1 fully saturated rings. The smallest absolute Gasteiger partial charge is 0.0160 e. The zero-order valence-electron chi connectivity index (χ0n) is 9.87. The highest BCUT2D eigenvalue weighted by Crippen LogP contribution is 2.28. The minimum absolute atomic E-state index is 0.535. The second-order valence-corrected chi connectivity index (χ2v) is 4.56. The van der Waals surface area contributed by atoms with Gasteiger partial charge in [0.25, 0.3) is 0 Å². The lowest BCUT2D eigenvalue weighted by molar-refractivity contribution is 0.567. The largest absolute Gasteiger partial charge is 0.309 e. The molecule has 1 nitrogen and oxygen atoms in total. The predicted molar refractivity (Wildman–Crippen MR) is 69.8 cm³/mol. The van der Waals surface area contributed by atoms with E-state index in [4.69, 9.17) is 5.41 Å². The Morgan fingerprint density at radius 2 is 2.06 bits per heavy atom. The number of benzene rings is 1. The predicted octanol–water partition coefficient (Wildman–Crippen LogP) is 4.30. The molecule has 0 heterocycles. The monoisotopic (exact) mass is 213 g/mol. The van der Waals surface area contributed by atoms with Gasteiger partial charge in [-0.05, 0) is 30.7 Å². The molecule has 1 heteroatoms. The third-order valence-electron chi connectivity index (χ3n) is 3.39. The van der Waals surface area contributed by atoms with Gasteiger partial charge in [-0.15, -0.1) is 0 Å². The standard InChI is InChI=1S/C15H19N/c1-2-14-9-8-13(11-15(14)16)10-12-6-4-3-5-7-12/h3-7,10,14,16H,2,8-9,11H2,1H3/b13-10+,16-15?. The molecule has 1 aliphatic rings. The lowest BCUT2D eigenvalue weighted by Crippen LogP contribution is -2.18. The summed E-state index contributed by atoms with van der Waals surface area (Å²) in [5.41, 5.74) is 3.61. The molecule has 1 N–H and O–H groups in total. The summed E-state index contributed by atoms with van der Waals surface area (Å²) < 4.78 is 0. The van der Waals surface area contributed by atoms with E-state index in [-0.39, 0.29) is 0 Å². The molecule has 16 heavy (non-hydrogen) atoms. The van der Waals surface area contributed by atoms with Crippen LogP contribution in [0.15, 0.2) is 35.9 Å². The van der Waals surface area contributed by atoms with Crippen molar-refractivity contribution in [2.75, 3.05) is 0 Å². The molecule has 1 saturated carbocycles. The van der Waals surface area contributed by atoms with Crippen LogP contribution in [0.4, 0.5) is 0 Å². The number of nitrogens with one attached hydrogen (secondary N) is 1. The second kappa shape index (κ2) is 5.11. The summed E-state index contributed by atoms with van der Waals surface area (Å²) in [6, 6.07) is 10.4. The number of rotatable bonds is 2. The first-order valence-electron chi connectivity index (χ1n) is 6.11. The van der Waals surface area contributed by atoms with Gasteiger partial charge in [0.1, 0.15) is 0 Å². The van der Waals surface area contributed by atoms with Crippen LogP contribution < -0.4 is 0 Å². The molecular formula is C15H19N. The highest BCUT2D eigenvalue weighted by Gasteiger charge is 2.19. The quantitative estimate of drug-likeness (QED) is 0.757. The summed E-state index contributed by atoms with van der Waals surface area (Å²) in [6.45, 7) is 2.19. The molecule has 0 aliphatic heterocycles. The molecule has 0 saturated heterocycles. The van der Waals surface area contributed by atoms with Crippen molar-refractivity contribution in [3.05, 3.63) is 41.5 Å². The van der Waals surface area contributed by atoms with Crippen molar-refractivity contribution in [2.45, 2.75) is 32.6 Å². The Labute approximate surface area is 97.7 Å². The van der Waals surface area contributed by atoms with Crippen LogP contribution in [0, 0.1) is 11.3 Å². The summed E-state index contributed by atoms with van der Waals surface area (Å²) in [7, 11) is 0. The number of hydrogen-bond donors (Lipinski definition) is 1. The Morgan fingerprint density at radius 1 is 1.31 bits per heavy atom. The van der Waals surface area contributed by atoms with E-state index in [1.165, 1.54) is 11.1 Å². The Kier molecular flexibility index (Phi) is 3.55. The van der Waals surface area contributed by atoms with Crippen LogP contribution in [0.1, 0.15) is 38.2 Å². The lowest BCUT2D eigenvalue weighted by Gasteiger charge is -2.24. The fraction of sp³-hybridized carbons (Fsp3) is 0.400. The zero-order chi connectivity index (χ0) is 11.4. The molecule has 1 atom stereocenters. The van der Waals surface area contributed by atoms with Gasteiger partial charge < -0.3 is 5.41 Å². The van der Waals surface area contributed by atoms with Crippen LogP contribution >= 0.6 is 0 Å². The minimum atomic E-state index is 0.535. The lowest BCUT2D eigenvalue weighted by atomic mass is 9.82. The SMILES string of the molecule is CCC1CC/C(=C\c2ccccc2)CC1=N. The number of hydrogen-bond acceptors (Lipinski definition) is 1. The van der Waals surface area contributed by atoms with Gasteiger partial charge in [0.15, 0.2) is 0 Å². The summed E-state index contributed by atoms with van der Waals surface area (Å²) in [6.07, 6.45) is 6.58. The molecule has 84 valence electrons. The Balaban J connectivity index is 2.08. The van der Waals surface area contributed by atoms with E-state index in [0.29, 0.717) is 5.92 Å². The summed E-state index contributed by atoms with van der Waals surface area (Å²) in [5.74, 6) is 0.535. The van der Waals surface area contributed by atoms with Gasteiger partial charge in [-0.2, -0.15) is 0 Å². The average molecular weight is 213 g/mol. The van der Waals surface area contributed by atoms with Crippen LogP contribution in [-0.2, 0) is 0 Å². The van der Waals surface area contributed by atoms with Crippen molar-refractivity contribution in [1.82, 2.24) is 0 Å². The van der Waals surface area contributed by atoms with E-state index >= 15 is 0 Å². The molecule has 1 aromatic rings. The molecular weight excluding hydrogens is 194 g/mol. The Morgan fingerprint density at radius 3 is 2.69 bits per heavy atom. The van der Waals surface area contributed by atoms with E-state index in [0.717, 1.165) is 31.4 Å². The molecule has 0 amide bonds. The highest BCUT2D eigenvalue weighted by atomic mass is 14.5. The third-order valence-corrected chi connectivity index (χ3v) is 3.39. The maximum Gasteiger partial charge on any atom is 0.0160 e. The maximum absolute atomic E-state index is 8.00. The van der Waals surface area contributed by atoms with E-state index < -0.39 is 0 Å². The summed E-state index contributed by atoms with van der Waals surface area (Å²) >= 11 is 0. The van der Waals surface area contributed by atoms with Gasteiger partial charge in [-0.1, -0.05) is 48.9 Å². The fourth-order valence-corrected chi connectivity index (χ4v) is 2.37. The first-order valence-corrected chi connectivity index (χ1v) is 6.11. The maximum atomic E-state index is 8.00. The van der Waals surface area contributed by atoms with E-state index in [1.54, 1.807) is 0 Å². The summed E-state index contributed by atoms with van der Waals surface area (Å²) in [4.78, 5) is 0. The van der Waals surface area contributed by atoms with Gasteiger partial charge >= 0.3 is 0 Å². The van der Waals surface area contributed by atoms with Crippen molar-refractivity contribution < 1.29 is 0 Å². The zero-order valence-corrected chi connectivity index (χ0v) is 9.87. The highest BCUT2D eigenvalue weighted by molar-refractivity contribution is 5.88. The van der Waals surface area contributed by atoms with Crippen molar-refractivity contribution in [3.8, 4) is 0 Å². The normalized spacial score (nSPS) is 23.7. The van der Waals surface area contributed by atoms with Gasteiger partial charge in [-0.25, -0.2) is 0 Å². The van der Waals surface area contributed by atoms with Crippen LogP contribution in [0.5, 0.6) is 0 Å². The molecule has 0 spiro atoms. The average Bonchev–Trinajstić information content (AvgIpc) is 2.31. The van der Waals surface area contributed by atoms with Crippen LogP contribution in [0.2, 0.25) is 0 Å². The van der Waals surface area contributed by atoms with Crippen LogP contribution in [0.25, 0.3) is 6.08 Å². The van der Waals surface area contributed by atoms with Crippen LogP contribution in [0.3, 0.4) is 0 Å². The molecule has 1 aromatic carbocycles. The molecule has 0 bridgehead atoms. The molecule has 0 aromatic heterocycles. The fourth-order valence-electron chi connectivity index (χ4n) is 2.37. The van der Waals surface area contributed by atoms with E-state index in [2.05, 4.69) is 37.3 Å². The van der Waals surface area contributed by atoms with Gasteiger partial charge in [-0.3, -0.25) is 0 Å². The molecule has 1 unspecified atom stereocenters. The first kappa shape index (κ1) is 11.1. The second-order valence-electron chi connectivity index (χ2n) is 4.56. The number of allylic oxidation sites excluding steroid dienone is 1. The van der Waals surface area contributed by atoms with Gasteiger partial charge in [0.2, 0.25) is 0 Å². The summed E-state index contributed by atoms with van der Waals surface area (Å²) in [5, 5.41) is 8.00. The van der Waals surface area contributed by atoms with Crippen molar-refractivity contribution in [2.24, 2.45) is 5.92 Å². The van der Waals surface area contributed by atoms with Crippen molar-refractivity contribution in [3.63, 3.8) is 0 Å². The topological polar surface area (TPSA) is 23.9 Å². The third kappa shape index (κ3) is 2.60. The van der Waals surface area contributed by atoms with Gasteiger partial charge in [0, 0.05) is 12.1 Å². The van der Waals surface area contributed by atoms with Crippen LogP contribution in [-0.4, -0.2) is 5.71 Å².